The largest absolute Gasteiger partial charge is 0.342 e. The minimum absolute atomic E-state index is 0.239. The highest BCUT2D eigenvalue weighted by Crippen LogP contribution is 2.32. The lowest BCUT2D eigenvalue weighted by atomic mass is 9.95. The van der Waals surface area contributed by atoms with E-state index in [1.807, 2.05) is 11.8 Å². The van der Waals surface area contributed by atoms with Gasteiger partial charge in [0.25, 0.3) is 0 Å². The molecule has 0 N–H and O–H groups in total. The van der Waals surface area contributed by atoms with Gasteiger partial charge in [-0.3, -0.25) is 13.9 Å². The van der Waals surface area contributed by atoms with Crippen molar-refractivity contribution < 1.29 is 4.79 Å². The third-order valence-corrected chi connectivity index (χ3v) is 5.75. The highest BCUT2D eigenvalue weighted by atomic mass is 32.1. The first kappa shape index (κ1) is 16.3. The van der Waals surface area contributed by atoms with Crippen molar-refractivity contribution in [3.8, 4) is 0 Å². The lowest BCUT2D eigenvalue weighted by molar-refractivity contribution is -0.132. The van der Waals surface area contributed by atoms with E-state index in [4.69, 9.17) is 4.98 Å². The van der Waals surface area contributed by atoms with E-state index >= 15 is 0 Å². The second kappa shape index (κ2) is 6.95. The Morgan fingerprint density at radius 1 is 1.44 bits per heavy atom. The Balaban J connectivity index is 1.38. The van der Waals surface area contributed by atoms with E-state index < -0.39 is 0 Å². The maximum absolute atomic E-state index is 12.6. The average Bonchev–Trinajstić information content (AvgIpc) is 3.35. The molecular weight excluding hydrogens is 336 g/mol. The number of likely N-dealkylation sites (tertiary alicyclic amines) is 1. The summed E-state index contributed by atoms with van der Waals surface area (Å²) in [4.78, 5) is 24.5. The van der Waals surface area contributed by atoms with Crippen LogP contribution in [0.15, 0.2) is 24.2 Å². The highest BCUT2D eigenvalue weighted by molar-refractivity contribution is 7.15. The summed E-state index contributed by atoms with van der Waals surface area (Å²) in [7, 11) is 0. The predicted molar refractivity (Wildman–Crippen MR) is 95.6 cm³/mol. The summed E-state index contributed by atoms with van der Waals surface area (Å²) in [6.07, 6.45) is 8.78. The molecule has 0 saturated carbocycles. The third-order valence-electron chi connectivity index (χ3n) is 4.86. The molecule has 8 heteroatoms. The van der Waals surface area contributed by atoms with E-state index in [1.54, 1.807) is 22.3 Å². The maximum atomic E-state index is 12.6. The normalized spacial score (nSPS) is 18.1. The van der Waals surface area contributed by atoms with Gasteiger partial charge >= 0.3 is 0 Å². The minimum Gasteiger partial charge on any atom is -0.342 e. The molecule has 3 aromatic rings. The van der Waals surface area contributed by atoms with Gasteiger partial charge < -0.3 is 4.90 Å². The van der Waals surface area contributed by atoms with Crippen molar-refractivity contribution in [3.63, 3.8) is 0 Å². The monoisotopic (exact) mass is 358 g/mol. The van der Waals surface area contributed by atoms with Gasteiger partial charge in [-0.15, -0.1) is 11.3 Å². The Hall–Kier alpha value is -2.22. The van der Waals surface area contributed by atoms with Crippen molar-refractivity contribution in [1.82, 2.24) is 29.0 Å². The molecule has 1 aliphatic rings. The Labute approximate surface area is 150 Å². The van der Waals surface area contributed by atoms with Crippen molar-refractivity contribution in [2.24, 2.45) is 0 Å². The van der Waals surface area contributed by atoms with Crippen molar-refractivity contribution >= 4 is 22.1 Å². The van der Waals surface area contributed by atoms with E-state index in [-0.39, 0.29) is 5.91 Å². The third kappa shape index (κ3) is 3.30. The molecule has 0 unspecified atom stereocenters. The van der Waals surface area contributed by atoms with Crippen molar-refractivity contribution in [2.75, 3.05) is 13.1 Å². The summed E-state index contributed by atoms with van der Waals surface area (Å²) in [5.74, 6) is 1.61. The van der Waals surface area contributed by atoms with Crippen LogP contribution in [0.25, 0.3) is 4.83 Å². The van der Waals surface area contributed by atoms with Gasteiger partial charge in [0.05, 0.1) is 5.69 Å². The molecule has 4 rings (SSSR count). The van der Waals surface area contributed by atoms with Crippen LogP contribution in [0.4, 0.5) is 0 Å². The lowest BCUT2D eigenvalue weighted by Crippen LogP contribution is -2.39. The average molecular weight is 358 g/mol. The molecule has 0 radical (unpaired) electrons. The molecule has 0 bridgehead atoms. The van der Waals surface area contributed by atoms with Crippen LogP contribution >= 0.6 is 11.3 Å². The number of aromatic nitrogens is 5. The van der Waals surface area contributed by atoms with Crippen LogP contribution in [-0.4, -0.2) is 48.0 Å². The first-order chi connectivity index (χ1) is 12.2. The Morgan fingerprint density at radius 3 is 3.20 bits per heavy atom. The number of nitrogens with zero attached hydrogens (tertiary/aromatic N) is 6. The first-order valence-corrected chi connectivity index (χ1v) is 9.62. The van der Waals surface area contributed by atoms with Crippen LogP contribution in [0.2, 0.25) is 0 Å². The van der Waals surface area contributed by atoms with E-state index in [2.05, 4.69) is 26.1 Å². The molecule has 0 spiro atoms. The van der Waals surface area contributed by atoms with Crippen molar-refractivity contribution in [1.29, 1.82) is 0 Å². The fourth-order valence-electron chi connectivity index (χ4n) is 3.59. The molecule has 132 valence electrons. The van der Waals surface area contributed by atoms with Crippen LogP contribution in [0, 0.1) is 6.92 Å². The highest BCUT2D eigenvalue weighted by Gasteiger charge is 2.28. The Bertz CT molecular complexity index is 852. The summed E-state index contributed by atoms with van der Waals surface area (Å²) in [6.45, 7) is 4.42. The number of aryl methyl sites for hydroxylation is 2. The Morgan fingerprint density at radius 2 is 2.36 bits per heavy atom. The molecule has 25 heavy (non-hydrogen) atoms. The number of hydrogen-bond acceptors (Lipinski definition) is 5. The number of rotatable bonds is 5. The molecule has 4 heterocycles. The maximum Gasteiger partial charge on any atom is 0.222 e. The van der Waals surface area contributed by atoms with Crippen LogP contribution in [0.3, 0.4) is 0 Å². The number of fused-ring (bicyclic) bond motifs is 1. The van der Waals surface area contributed by atoms with Crippen molar-refractivity contribution in [3.05, 3.63) is 35.7 Å². The fraction of sp³-hybridized carbons (Fsp3) is 0.529. The van der Waals surface area contributed by atoms with Gasteiger partial charge in [0.1, 0.15) is 23.3 Å². The molecule has 3 aromatic heterocycles. The van der Waals surface area contributed by atoms with Gasteiger partial charge in [-0.25, -0.2) is 9.97 Å². The smallest absolute Gasteiger partial charge is 0.222 e. The van der Waals surface area contributed by atoms with Crippen LogP contribution in [0.1, 0.15) is 43.1 Å². The number of piperidine rings is 1. The lowest BCUT2D eigenvalue weighted by Gasteiger charge is -2.32. The summed E-state index contributed by atoms with van der Waals surface area (Å²) >= 11 is 1.73. The van der Waals surface area contributed by atoms with E-state index in [1.165, 1.54) is 11.2 Å². The fourth-order valence-corrected chi connectivity index (χ4v) is 4.54. The molecule has 1 aliphatic heterocycles. The molecule has 1 amide bonds. The molecule has 0 aromatic carbocycles. The zero-order valence-electron chi connectivity index (χ0n) is 14.3. The molecule has 1 saturated heterocycles. The first-order valence-electron chi connectivity index (χ1n) is 8.74. The van der Waals surface area contributed by atoms with E-state index in [9.17, 15) is 4.79 Å². The number of carbonyl (C=O) groups is 1. The SMILES string of the molecule is Cc1nc([C@H]2CCCN(C(=O)CCCn3cncn3)C2)c2sccn12. The molecule has 0 aliphatic carbocycles. The summed E-state index contributed by atoms with van der Waals surface area (Å²) < 4.78 is 3.92. The van der Waals surface area contributed by atoms with E-state index in [0.29, 0.717) is 12.3 Å². The Kier molecular flexibility index (Phi) is 4.52. The van der Waals surface area contributed by atoms with Crippen LogP contribution in [0.5, 0.6) is 0 Å². The number of hydrogen-bond donors (Lipinski definition) is 0. The van der Waals surface area contributed by atoms with Gasteiger partial charge in [-0.1, -0.05) is 0 Å². The summed E-state index contributed by atoms with van der Waals surface area (Å²) in [5.41, 5.74) is 1.16. The molecular formula is C17H22N6OS. The minimum atomic E-state index is 0.239. The topological polar surface area (TPSA) is 68.3 Å². The van der Waals surface area contributed by atoms with Gasteiger partial charge in [-0.2, -0.15) is 5.10 Å². The zero-order chi connectivity index (χ0) is 17.2. The van der Waals surface area contributed by atoms with Gasteiger partial charge in [0.15, 0.2) is 0 Å². The quantitative estimate of drug-likeness (QED) is 0.703. The summed E-state index contributed by atoms with van der Waals surface area (Å²) in [6, 6.07) is 0. The predicted octanol–water partition coefficient (Wildman–Crippen LogP) is 2.48. The van der Waals surface area contributed by atoms with Crippen molar-refractivity contribution in [2.45, 2.75) is 45.1 Å². The number of imidazole rings is 1. The van der Waals surface area contributed by atoms with Gasteiger partial charge in [-0.05, 0) is 26.2 Å². The zero-order valence-corrected chi connectivity index (χ0v) is 15.2. The summed E-state index contributed by atoms with van der Waals surface area (Å²) in [5, 5.41) is 6.18. The molecule has 1 fully saturated rings. The number of thiazole rings is 1. The van der Waals surface area contributed by atoms with Gasteiger partial charge in [0.2, 0.25) is 5.91 Å². The molecule has 1 atom stereocenters. The second-order valence-corrected chi connectivity index (χ2v) is 7.46. The van der Waals surface area contributed by atoms with Crippen LogP contribution in [-0.2, 0) is 11.3 Å². The number of amides is 1. The van der Waals surface area contributed by atoms with Gasteiger partial charge in [0, 0.05) is 43.5 Å². The second-order valence-electron chi connectivity index (χ2n) is 6.56. The van der Waals surface area contributed by atoms with Crippen LogP contribution < -0.4 is 0 Å². The van der Waals surface area contributed by atoms with E-state index in [0.717, 1.165) is 50.4 Å². The standard InChI is InChI=1S/C17H22N6OS/c1-13-20-16(17-23(13)8-9-25-17)14-4-2-6-21(10-14)15(24)5-3-7-22-12-18-11-19-22/h8-9,11-12,14H,2-7,10H2,1H3/t14-/m0/s1. The molecule has 7 nitrogen and oxygen atoms in total. The number of carbonyl (C=O) groups excluding carboxylic acids is 1.